The molecule has 0 saturated carbocycles. The van der Waals surface area contributed by atoms with E-state index in [4.69, 9.17) is 5.73 Å². The Bertz CT molecular complexity index is 390. The van der Waals surface area contributed by atoms with Crippen molar-refractivity contribution in [1.29, 1.82) is 0 Å². The Hall–Kier alpha value is -1.49. The first-order valence-electron chi connectivity index (χ1n) is 5.41. The van der Waals surface area contributed by atoms with E-state index in [2.05, 4.69) is 17.9 Å². The Kier molecular flexibility index (Phi) is 5.56. The van der Waals surface area contributed by atoms with Gasteiger partial charge < -0.3 is 11.1 Å². The second-order valence-corrected chi connectivity index (χ2v) is 4.28. The molecule has 5 heteroatoms. The zero-order valence-corrected chi connectivity index (χ0v) is 10.4. The minimum absolute atomic E-state index is 0.0543. The molecule has 1 aromatic rings. The summed E-state index contributed by atoms with van der Waals surface area (Å²) < 4.78 is 0. The van der Waals surface area contributed by atoms with E-state index >= 15 is 0 Å². The van der Waals surface area contributed by atoms with Gasteiger partial charge in [0.15, 0.2) is 0 Å². The number of amides is 2. The molecular weight excluding hydrogens is 236 g/mol. The van der Waals surface area contributed by atoms with E-state index in [0.29, 0.717) is 25.8 Å². The largest absolute Gasteiger partial charge is 0.370 e. The topological polar surface area (TPSA) is 72.2 Å². The molecular formula is C12H16N2O2S. The predicted molar refractivity (Wildman–Crippen MR) is 68.8 cm³/mol. The fraction of sp³-hybridized carbons (Fsp3) is 0.333. The molecule has 17 heavy (non-hydrogen) atoms. The van der Waals surface area contributed by atoms with Gasteiger partial charge in [-0.05, 0) is 24.1 Å². The van der Waals surface area contributed by atoms with Crippen LogP contribution in [0.2, 0.25) is 0 Å². The molecule has 0 bridgehead atoms. The van der Waals surface area contributed by atoms with E-state index < -0.39 is 0 Å². The summed E-state index contributed by atoms with van der Waals surface area (Å²) in [4.78, 5) is 22.8. The maximum atomic E-state index is 11.5. The van der Waals surface area contributed by atoms with E-state index in [0.717, 1.165) is 10.5 Å². The van der Waals surface area contributed by atoms with Crippen LogP contribution in [0.15, 0.2) is 29.2 Å². The van der Waals surface area contributed by atoms with Gasteiger partial charge in [-0.15, -0.1) is 12.6 Å². The molecule has 0 saturated heterocycles. The summed E-state index contributed by atoms with van der Waals surface area (Å²) in [6, 6.07) is 7.42. The summed E-state index contributed by atoms with van der Waals surface area (Å²) in [5.74, 6) is -0.398. The number of carbonyl (C=O) groups is 2. The number of nitrogens with one attached hydrogen (secondary N) is 1. The minimum Gasteiger partial charge on any atom is -0.370 e. The number of nitrogens with two attached hydrogens (primary N) is 1. The molecule has 0 fully saturated rings. The molecule has 0 spiro atoms. The first-order valence-corrected chi connectivity index (χ1v) is 5.85. The summed E-state index contributed by atoms with van der Waals surface area (Å²) in [5.41, 5.74) is 5.93. The van der Waals surface area contributed by atoms with E-state index in [1.807, 2.05) is 24.3 Å². The van der Waals surface area contributed by atoms with Crippen molar-refractivity contribution >= 4 is 24.4 Å². The molecule has 0 unspecified atom stereocenters. The number of benzene rings is 1. The molecule has 92 valence electrons. The van der Waals surface area contributed by atoms with Crippen LogP contribution in [0.5, 0.6) is 0 Å². The monoisotopic (exact) mass is 252 g/mol. The molecule has 4 nitrogen and oxygen atoms in total. The van der Waals surface area contributed by atoms with Crippen molar-refractivity contribution in [3.8, 4) is 0 Å². The van der Waals surface area contributed by atoms with Crippen LogP contribution in [0.1, 0.15) is 18.4 Å². The van der Waals surface area contributed by atoms with Crippen LogP contribution in [0, 0.1) is 0 Å². The van der Waals surface area contributed by atoms with E-state index in [9.17, 15) is 9.59 Å². The highest BCUT2D eigenvalue weighted by Crippen LogP contribution is 2.08. The van der Waals surface area contributed by atoms with Gasteiger partial charge in [-0.25, -0.2) is 0 Å². The van der Waals surface area contributed by atoms with Gasteiger partial charge in [0.1, 0.15) is 0 Å². The average Bonchev–Trinajstić information content (AvgIpc) is 2.27. The fourth-order valence-electron chi connectivity index (χ4n) is 1.35. The number of thiol groups is 1. The highest BCUT2D eigenvalue weighted by Gasteiger charge is 2.02. The minimum atomic E-state index is -0.344. The maximum absolute atomic E-state index is 11.5. The van der Waals surface area contributed by atoms with Gasteiger partial charge in [-0.2, -0.15) is 0 Å². The van der Waals surface area contributed by atoms with Gasteiger partial charge in [0.05, 0.1) is 6.42 Å². The summed E-state index contributed by atoms with van der Waals surface area (Å²) in [7, 11) is 0. The summed E-state index contributed by atoms with van der Waals surface area (Å²) in [6.45, 7) is 0.479. The van der Waals surface area contributed by atoms with Crippen molar-refractivity contribution in [2.75, 3.05) is 6.54 Å². The van der Waals surface area contributed by atoms with Crippen LogP contribution in [0.25, 0.3) is 0 Å². The third kappa shape index (κ3) is 5.97. The van der Waals surface area contributed by atoms with E-state index in [1.54, 1.807) is 0 Å². The summed E-state index contributed by atoms with van der Waals surface area (Å²) >= 11 is 4.17. The first-order chi connectivity index (χ1) is 8.08. The maximum Gasteiger partial charge on any atom is 0.224 e. The number of hydrogen-bond donors (Lipinski definition) is 3. The Morgan fingerprint density at radius 2 is 1.88 bits per heavy atom. The van der Waals surface area contributed by atoms with Crippen molar-refractivity contribution in [3.63, 3.8) is 0 Å². The van der Waals surface area contributed by atoms with Crippen molar-refractivity contribution in [2.45, 2.75) is 24.2 Å². The van der Waals surface area contributed by atoms with Crippen molar-refractivity contribution < 1.29 is 9.59 Å². The van der Waals surface area contributed by atoms with Gasteiger partial charge >= 0.3 is 0 Å². The molecule has 0 aliphatic heterocycles. The second kappa shape index (κ2) is 6.96. The first kappa shape index (κ1) is 13.6. The summed E-state index contributed by atoms with van der Waals surface area (Å²) in [6.07, 6.45) is 1.22. The Morgan fingerprint density at radius 1 is 1.24 bits per heavy atom. The van der Waals surface area contributed by atoms with Crippen LogP contribution in [0.4, 0.5) is 0 Å². The number of carbonyl (C=O) groups excluding carboxylic acids is 2. The quantitative estimate of drug-likeness (QED) is 0.520. The Morgan fingerprint density at radius 3 is 2.47 bits per heavy atom. The Labute approximate surface area is 106 Å². The highest BCUT2D eigenvalue weighted by molar-refractivity contribution is 7.80. The molecule has 0 atom stereocenters. The Balaban J connectivity index is 2.25. The van der Waals surface area contributed by atoms with Gasteiger partial charge in [-0.3, -0.25) is 9.59 Å². The third-order valence-corrected chi connectivity index (χ3v) is 2.52. The molecule has 0 aliphatic rings. The molecule has 2 amide bonds. The normalized spacial score (nSPS) is 9.94. The van der Waals surface area contributed by atoms with Gasteiger partial charge in [0.25, 0.3) is 0 Å². The van der Waals surface area contributed by atoms with Gasteiger partial charge in [0, 0.05) is 17.9 Å². The van der Waals surface area contributed by atoms with Crippen LogP contribution in [-0.4, -0.2) is 18.4 Å². The lowest BCUT2D eigenvalue weighted by molar-refractivity contribution is -0.121. The van der Waals surface area contributed by atoms with Crippen molar-refractivity contribution in [2.24, 2.45) is 5.73 Å². The second-order valence-electron chi connectivity index (χ2n) is 3.76. The zero-order valence-electron chi connectivity index (χ0n) is 9.48. The van der Waals surface area contributed by atoms with Crippen LogP contribution >= 0.6 is 12.6 Å². The van der Waals surface area contributed by atoms with Gasteiger partial charge in [-0.1, -0.05) is 12.1 Å². The SMILES string of the molecule is NC(=O)CCCNC(=O)Cc1ccc(S)cc1. The molecule has 0 aliphatic carbocycles. The summed E-state index contributed by atoms with van der Waals surface area (Å²) in [5, 5.41) is 2.74. The molecule has 3 N–H and O–H groups in total. The fourth-order valence-corrected chi connectivity index (χ4v) is 1.50. The van der Waals surface area contributed by atoms with Crippen LogP contribution in [0.3, 0.4) is 0 Å². The molecule has 0 heterocycles. The van der Waals surface area contributed by atoms with E-state index in [1.165, 1.54) is 0 Å². The smallest absolute Gasteiger partial charge is 0.224 e. The average molecular weight is 252 g/mol. The highest BCUT2D eigenvalue weighted by atomic mass is 32.1. The molecule has 1 rings (SSSR count). The van der Waals surface area contributed by atoms with Crippen LogP contribution in [-0.2, 0) is 16.0 Å². The zero-order chi connectivity index (χ0) is 12.7. The molecule has 0 aromatic heterocycles. The van der Waals surface area contributed by atoms with Crippen molar-refractivity contribution in [3.05, 3.63) is 29.8 Å². The lowest BCUT2D eigenvalue weighted by Gasteiger charge is -2.04. The number of primary amides is 1. The lowest BCUT2D eigenvalue weighted by Crippen LogP contribution is -2.27. The van der Waals surface area contributed by atoms with Crippen LogP contribution < -0.4 is 11.1 Å². The lowest BCUT2D eigenvalue weighted by atomic mass is 10.1. The number of rotatable bonds is 6. The number of hydrogen-bond acceptors (Lipinski definition) is 3. The van der Waals surface area contributed by atoms with Gasteiger partial charge in [0.2, 0.25) is 11.8 Å². The predicted octanol–water partition coefficient (Wildman–Crippen LogP) is 0.899. The van der Waals surface area contributed by atoms with Crippen molar-refractivity contribution in [1.82, 2.24) is 5.32 Å². The third-order valence-electron chi connectivity index (χ3n) is 2.22. The molecule has 0 radical (unpaired) electrons. The van der Waals surface area contributed by atoms with E-state index in [-0.39, 0.29) is 11.8 Å². The molecule has 1 aromatic carbocycles. The standard InChI is InChI=1S/C12H16N2O2S/c13-11(15)2-1-7-14-12(16)8-9-3-5-10(17)6-4-9/h3-6,17H,1-2,7-8H2,(H2,13,15)(H,14,16).